The maximum absolute atomic E-state index is 15.4. The zero-order valence-electron chi connectivity index (χ0n) is 22.2. The molecule has 2 aliphatic carbocycles. The molecule has 43 heavy (non-hydrogen) atoms. The number of rotatable bonds is 10. The quantitative estimate of drug-likeness (QED) is 0.226. The lowest BCUT2D eigenvalue weighted by molar-refractivity contribution is -0.202. The van der Waals surface area contributed by atoms with Crippen molar-refractivity contribution in [3.63, 3.8) is 0 Å². The average Bonchev–Trinajstić information content (AvgIpc) is 3.82. The van der Waals surface area contributed by atoms with Gasteiger partial charge in [-0.1, -0.05) is 0 Å². The Morgan fingerprint density at radius 3 is 2.40 bits per heavy atom. The maximum Gasteiger partial charge on any atom is 0.416 e. The number of sulfonamides is 1. The van der Waals surface area contributed by atoms with E-state index in [9.17, 15) is 44.3 Å². The predicted molar refractivity (Wildman–Crippen MR) is 135 cm³/mol. The first-order valence-electron chi connectivity index (χ1n) is 13.2. The van der Waals surface area contributed by atoms with E-state index in [1.54, 1.807) is 10.0 Å². The number of hydrogen-bond donors (Lipinski definition) is 2. The molecule has 2 amide bonds. The van der Waals surface area contributed by atoms with Gasteiger partial charge in [0.25, 0.3) is 11.8 Å². The third kappa shape index (κ3) is 6.50. The van der Waals surface area contributed by atoms with E-state index in [0.29, 0.717) is 12.1 Å². The molecule has 0 unspecified atom stereocenters. The largest absolute Gasteiger partial charge is 0.493 e. The van der Waals surface area contributed by atoms with Crippen LogP contribution in [0.3, 0.4) is 0 Å². The highest BCUT2D eigenvalue weighted by Crippen LogP contribution is 2.49. The number of halogens is 7. The molecule has 0 radical (unpaired) electrons. The van der Waals surface area contributed by atoms with E-state index in [4.69, 9.17) is 4.74 Å². The summed E-state index contributed by atoms with van der Waals surface area (Å²) >= 11 is 0. The normalized spacial score (nSPS) is 21.5. The summed E-state index contributed by atoms with van der Waals surface area (Å²) in [5.41, 5.74) is -6.14. The molecule has 234 valence electrons. The minimum absolute atomic E-state index is 0.0345. The van der Waals surface area contributed by atoms with Gasteiger partial charge in [0.2, 0.25) is 10.0 Å². The van der Waals surface area contributed by atoms with Crippen molar-refractivity contribution in [3.05, 3.63) is 53.1 Å². The zero-order chi connectivity index (χ0) is 31.4. The van der Waals surface area contributed by atoms with Crippen molar-refractivity contribution in [2.75, 3.05) is 6.61 Å². The highest BCUT2D eigenvalue weighted by molar-refractivity contribution is 7.91. The third-order valence-corrected chi connectivity index (χ3v) is 9.14. The van der Waals surface area contributed by atoms with Crippen molar-refractivity contribution in [1.82, 2.24) is 19.8 Å². The van der Waals surface area contributed by atoms with Gasteiger partial charge >= 0.3 is 12.4 Å². The Morgan fingerprint density at radius 1 is 1.12 bits per heavy atom. The van der Waals surface area contributed by atoms with E-state index in [0.717, 1.165) is 18.9 Å². The first-order valence-corrected chi connectivity index (χ1v) is 14.8. The molecule has 17 heteroatoms. The average molecular weight is 639 g/mol. The summed E-state index contributed by atoms with van der Waals surface area (Å²) in [4.78, 5) is 26.4. The molecule has 2 heterocycles. The fraction of sp³-hybridized carbons (Fsp3) is 0.500. The molecule has 2 fully saturated rings. The molecule has 1 aromatic carbocycles. The number of hydrogen-bond acceptors (Lipinski definition) is 6. The van der Waals surface area contributed by atoms with Gasteiger partial charge < -0.3 is 10.1 Å². The number of benzene rings is 1. The van der Waals surface area contributed by atoms with Crippen molar-refractivity contribution >= 4 is 27.4 Å². The molecule has 0 bridgehead atoms. The summed E-state index contributed by atoms with van der Waals surface area (Å²) in [5.74, 6) is -4.88. The summed E-state index contributed by atoms with van der Waals surface area (Å²) in [7, 11) is -4.20. The summed E-state index contributed by atoms with van der Waals surface area (Å²) in [6, 6.07) is 3.41. The first kappa shape index (κ1) is 30.8. The standard InChI is InChI=1S/C26H25F7N4O5S/c27-19-12-15(42-11-1-9-25(28,29)30)4-7-18(19)24(26(31,32)33)13-17(20-8-10-37(35-20)14-2-3-14)21(22(38)34-24)23(39)36-43(40,41)16-5-6-16/h4,7-8,10,12,14,16H,1-3,5-6,9,11,13H2,(H,34,38)(H,36,39)/t24-/m0/s1. The van der Waals surface area contributed by atoms with Gasteiger partial charge in [0.05, 0.1) is 23.6 Å². The number of ether oxygens (including phenoxy) is 1. The Kier molecular flexibility index (Phi) is 7.75. The molecule has 1 aromatic heterocycles. The number of aromatic nitrogens is 2. The Hall–Kier alpha value is -3.63. The van der Waals surface area contributed by atoms with Crippen molar-refractivity contribution in [2.45, 2.75) is 74.1 Å². The van der Waals surface area contributed by atoms with E-state index in [1.807, 2.05) is 0 Å². The Morgan fingerprint density at radius 2 is 1.81 bits per heavy atom. The van der Waals surface area contributed by atoms with Gasteiger partial charge in [0.1, 0.15) is 17.1 Å². The lowest BCUT2D eigenvalue weighted by Crippen LogP contribution is -2.60. The van der Waals surface area contributed by atoms with Crippen LogP contribution in [0.1, 0.15) is 62.2 Å². The van der Waals surface area contributed by atoms with Gasteiger partial charge in [-0.3, -0.25) is 14.3 Å². The summed E-state index contributed by atoms with van der Waals surface area (Å²) < 4.78 is 130. The highest BCUT2D eigenvalue weighted by Gasteiger charge is 2.61. The molecule has 9 nitrogen and oxygen atoms in total. The fourth-order valence-corrected chi connectivity index (χ4v) is 6.10. The van der Waals surface area contributed by atoms with Gasteiger partial charge in [-0.2, -0.15) is 31.4 Å². The van der Waals surface area contributed by atoms with Crippen molar-refractivity contribution in [2.24, 2.45) is 0 Å². The highest BCUT2D eigenvalue weighted by atomic mass is 32.2. The SMILES string of the molecule is O=C1N[C@@](c2ccc(OCCCC(F)(F)F)cc2F)(C(F)(F)F)CC(c2ccn(C3CC3)n2)=C1C(=O)NS(=O)(=O)C1CC1. The summed E-state index contributed by atoms with van der Waals surface area (Å²) in [6.07, 6.45) is -9.21. The Bertz CT molecular complexity index is 1580. The van der Waals surface area contributed by atoms with E-state index in [1.165, 1.54) is 16.9 Å². The molecule has 5 rings (SSSR count). The molecule has 2 saturated carbocycles. The van der Waals surface area contributed by atoms with Crippen molar-refractivity contribution in [3.8, 4) is 5.75 Å². The van der Waals surface area contributed by atoms with Crippen LogP contribution in [0.4, 0.5) is 30.7 Å². The summed E-state index contributed by atoms with van der Waals surface area (Å²) in [5, 5.41) is 5.06. The number of alkyl halides is 6. The molecular weight excluding hydrogens is 613 g/mol. The van der Waals surface area contributed by atoms with Crippen LogP contribution < -0.4 is 14.8 Å². The van der Waals surface area contributed by atoms with Crippen LogP contribution in [0, 0.1) is 5.82 Å². The zero-order valence-corrected chi connectivity index (χ0v) is 23.0. The van der Waals surface area contributed by atoms with Gasteiger partial charge in [-0.25, -0.2) is 17.5 Å². The van der Waals surface area contributed by atoms with E-state index >= 15 is 4.39 Å². The van der Waals surface area contributed by atoms with Crippen LogP contribution in [-0.4, -0.2) is 54.2 Å². The van der Waals surface area contributed by atoms with Crippen LogP contribution in [-0.2, 0) is 25.2 Å². The third-order valence-electron chi connectivity index (χ3n) is 7.32. The molecule has 2 aromatic rings. The molecule has 1 atom stereocenters. The van der Waals surface area contributed by atoms with Crippen LogP contribution in [0.2, 0.25) is 0 Å². The summed E-state index contributed by atoms with van der Waals surface area (Å²) in [6.45, 7) is -0.488. The van der Waals surface area contributed by atoms with Crippen LogP contribution >= 0.6 is 0 Å². The smallest absolute Gasteiger partial charge is 0.416 e. The second-order valence-electron chi connectivity index (χ2n) is 10.7. The number of nitrogens with one attached hydrogen (secondary N) is 2. The number of carbonyl (C=O) groups is 2. The minimum atomic E-state index is -5.36. The lowest BCUT2D eigenvalue weighted by Gasteiger charge is -2.41. The fourth-order valence-electron chi connectivity index (χ4n) is 4.81. The lowest BCUT2D eigenvalue weighted by atomic mass is 9.77. The molecule has 2 N–H and O–H groups in total. The van der Waals surface area contributed by atoms with Crippen LogP contribution in [0.15, 0.2) is 36.0 Å². The molecule has 3 aliphatic rings. The predicted octanol–water partition coefficient (Wildman–Crippen LogP) is 4.42. The van der Waals surface area contributed by atoms with Gasteiger partial charge in [-0.15, -0.1) is 0 Å². The molecule has 0 spiro atoms. The Balaban J connectivity index is 1.53. The topological polar surface area (TPSA) is 119 Å². The molecule has 1 aliphatic heterocycles. The number of amides is 2. The molecule has 0 saturated heterocycles. The van der Waals surface area contributed by atoms with E-state index in [2.05, 4.69) is 5.10 Å². The second kappa shape index (κ2) is 10.8. The van der Waals surface area contributed by atoms with Crippen molar-refractivity contribution in [1.29, 1.82) is 0 Å². The minimum Gasteiger partial charge on any atom is -0.493 e. The van der Waals surface area contributed by atoms with E-state index in [-0.39, 0.29) is 30.3 Å². The van der Waals surface area contributed by atoms with Crippen LogP contribution in [0.25, 0.3) is 5.57 Å². The number of carbonyl (C=O) groups excluding carboxylic acids is 2. The Labute approximate surface area is 240 Å². The van der Waals surface area contributed by atoms with Crippen LogP contribution in [0.5, 0.6) is 5.75 Å². The molecular formula is C26H25F7N4O5S. The van der Waals surface area contributed by atoms with E-state index < -0.39 is 93.4 Å². The van der Waals surface area contributed by atoms with Gasteiger partial charge in [0.15, 0.2) is 5.54 Å². The maximum atomic E-state index is 15.4. The number of nitrogens with zero attached hydrogens (tertiary/aromatic N) is 2. The second-order valence-corrected chi connectivity index (χ2v) is 12.6. The monoisotopic (exact) mass is 638 g/mol. The van der Waals surface area contributed by atoms with Gasteiger partial charge in [-0.05, 0) is 50.3 Å². The van der Waals surface area contributed by atoms with Crippen molar-refractivity contribution < 1.29 is 53.5 Å². The first-order chi connectivity index (χ1) is 20.0. The van der Waals surface area contributed by atoms with Gasteiger partial charge in [0, 0.05) is 36.2 Å².